The third kappa shape index (κ3) is 3.04. The highest BCUT2D eigenvalue weighted by atomic mass is 16.5. The van der Waals surface area contributed by atoms with Gasteiger partial charge in [0.15, 0.2) is 0 Å². The molecule has 2 heterocycles. The van der Waals surface area contributed by atoms with Crippen molar-refractivity contribution in [2.24, 2.45) is 0 Å². The Morgan fingerprint density at radius 2 is 2.60 bits per heavy atom. The summed E-state index contributed by atoms with van der Waals surface area (Å²) in [6.07, 6.45) is 6.45. The second-order valence-corrected chi connectivity index (χ2v) is 4.01. The van der Waals surface area contributed by atoms with Crippen LogP contribution in [0.2, 0.25) is 0 Å². The molecule has 1 unspecified atom stereocenters. The van der Waals surface area contributed by atoms with Crippen molar-refractivity contribution in [1.82, 2.24) is 15.1 Å². The maximum Gasteiger partial charge on any atom is 0.0748 e. The Balaban J connectivity index is 1.68. The van der Waals surface area contributed by atoms with Gasteiger partial charge in [-0.05, 0) is 26.3 Å². The number of aryl methyl sites for hydroxylation is 1. The van der Waals surface area contributed by atoms with Crippen LogP contribution in [0.25, 0.3) is 0 Å². The van der Waals surface area contributed by atoms with Crippen LogP contribution in [0.3, 0.4) is 0 Å². The maximum absolute atomic E-state index is 5.65. The van der Waals surface area contributed by atoms with E-state index in [-0.39, 0.29) is 0 Å². The number of hydrogen-bond acceptors (Lipinski definition) is 3. The number of nitrogens with one attached hydrogen (secondary N) is 1. The van der Waals surface area contributed by atoms with Gasteiger partial charge in [0, 0.05) is 24.3 Å². The molecule has 0 amide bonds. The van der Waals surface area contributed by atoms with E-state index in [4.69, 9.17) is 4.74 Å². The van der Waals surface area contributed by atoms with E-state index in [2.05, 4.69) is 17.3 Å². The quantitative estimate of drug-likeness (QED) is 0.791. The summed E-state index contributed by atoms with van der Waals surface area (Å²) >= 11 is 0. The molecule has 1 atom stereocenters. The molecule has 0 aliphatic carbocycles. The van der Waals surface area contributed by atoms with E-state index in [0.29, 0.717) is 12.6 Å². The number of aromatic nitrogens is 2. The number of ether oxygens (including phenoxy) is 1. The first-order chi connectivity index (χ1) is 7.38. The van der Waals surface area contributed by atoms with Gasteiger partial charge in [-0.3, -0.25) is 4.68 Å². The third-order valence-corrected chi connectivity index (χ3v) is 2.76. The fraction of sp³-hybridized carbons (Fsp3) is 0.727. The Hall–Kier alpha value is -0.870. The number of hydrogen-bond donors (Lipinski definition) is 1. The lowest BCUT2D eigenvalue weighted by Crippen LogP contribution is -2.26. The molecule has 1 N–H and O–H groups in total. The summed E-state index contributed by atoms with van der Waals surface area (Å²) in [7, 11) is 0. The van der Waals surface area contributed by atoms with Crippen LogP contribution in [-0.2, 0) is 17.9 Å². The van der Waals surface area contributed by atoms with Crippen LogP contribution in [0.15, 0.2) is 12.4 Å². The van der Waals surface area contributed by atoms with E-state index >= 15 is 0 Å². The zero-order valence-corrected chi connectivity index (χ0v) is 9.28. The molecule has 0 spiro atoms. The monoisotopic (exact) mass is 209 g/mol. The van der Waals surface area contributed by atoms with Crippen LogP contribution in [-0.4, -0.2) is 29.0 Å². The molecule has 0 aromatic carbocycles. The molecule has 1 aromatic heterocycles. The summed E-state index contributed by atoms with van der Waals surface area (Å²) in [5, 5.41) is 7.62. The highest BCUT2D eigenvalue weighted by Crippen LogP contribution is 2.07. The molecular weight excluding hydrogens is 190 g/mol. The molecule has 15 heavy (non-hydrogen) atoms. The third-order valence-electron chi connectivity index (χ3n) is 2.76. The van der Waals surface area contributed by atoms with Crippen molar-refractivity contribution >= 4 is 0 Å². The molecule has 4 nitrogen and oxygen atoms in total. The fourth-order valence-corrected chi connectivity index (χ4v) is 1.87. The van der Waals surface area contributed by atoms with Gasteiger partial charge in [0.2, 0.25) is 0 Å². The Kier molecular flexibility index (Phi) is 3.75. The summed E-state index contributed by atoms with van der Waals surface area (Å²) in [5.74, 6) is 0. The van der Waals surface area contributed by atoms with Crippen molar-refractivity contribution in [3.05, 3.63) is 18.0 Å². The molecule has 0 radical (unpaired) electrons. The van der Waals surface area contributed by atoms with Crippen molar-refractivity contribution in [2.45, 2.75) is 39.0 Å². The van der Waals surface area contributed by atoms with Gasteiger partial charge in [-0.25, -0.2) is 0 Å². The molecule has 1 saturated heterocycles. The lowest BCUT2D eigenvalue weighted by Gasteiger charge is -2.09. The van der Waals surface area contributed by atoms with Crippen molar-refractivity contribution in [3.8, 4) is 0 Å². The smallest absolute Gasteiger partial charge is 0.0748 e. The van der Waals surface area contributed by atoms with Crippen LogP contribution in [0.4, 0.5) is 0 Å². The first kappa shape index (κ1) is 10.6. The minimum absolute atomic E-state index is 0.561. The van der Waals surface area contributed by atoms with E-state index in [1.807, 2.05) is 17.1 Å². The van der Waals surface area contributed by atoms with Crippen molar-refractivity contribution in [1.29, 1.82) is 0 Å². The Labute approximate surface area is 90.6 Å². The van der Waals surface area contributed by atoms with Crippen LogP contribution in [0, 0.1) is 0 Å². The van der Waals surface area contributed by atoms with Gasteiger partial charge in [0.1, 0.15) is 0 Å². The SMILES string of the molecule is CCn1cc(COCC2CCCN2)cn1. The van der Waals surface area contributed by atoms with E-state index in [9.17, 15) is 0 Å². The van der Waals surface area contributed by atoms with E-state index in [1.54, 1.807) is 0 Å². The normalized spacial score (nSPS) is 21.0. The molecular formula is C11H19N3O. The van der Waals surface area contributed by atoms with Crippen molar-refractivity contribution < 1.29 is 4.74 Å². The summed E-state index contributed by atoms with van der Waals surface area (Å²) < 4.78 is 7.57. The second kappa shape index (κ2) is 5.28. The predicted octanol–water partition coefficient (Wildman–Crippen LogP) is 1.17. The van der Waals surface area contributed by atoms with Crippen LogP contribution in [0.1, 0.15) is 25.3 Å². The lowest BCUT2D eigenvalue weighted by atomic mass is 10.2. The maximum atomic E-state index is 5.65. The molecule has 0 saturated carbocycles. The first-order valence-corrected chi connectivity index (χ1v) is 5.71. The minimum atomic E-state index is 0.561. The second-order valence-electron chi connectivity index (χ2n) is 4.01. The lowest BCUT2D eigenvalue weighted by molar-refractivity contribution is 0.103. The number of rotatable bonds is 5. The zero-order chi connectivity index (χ0) is 10.5. The fourth-order valence-electron chi connectivity index (χ4n) is 1.87. The average Bonchev–Trinajstić information content (AvgIpc) is 2.88. The summed E-state index contributed by atoms with van der Waals surface area (Å²) in [6, 6.07) is 0.561. The molecule has 0 bridgehead atoms. The van der Waals surface area contributed by atoms with Gasteiger partial charge < -0.3 is 10.1 Å². The predicted molar refractivity (Wildman–Crippen MR) is 58.6 cm³/mol. The van der Waals surface area contributed by atoms with Gasteiger partial charge in [0.25, 0.3) is 0 Å². The van der Waals surface area contributed by atoms with Gasteiger partial charge in [0.05, 0.1) is 19.4 Å². The van der Waals surface area contributed by atoms with Crippen molar-refractivity contribution in [2.75, 3.05) is 13.2 Å². The topological polar surface area (TPSA) is 39.1 Å². The molecule has 1 aliphatic heterocycles. The van der Waals surface area contributed by atoms with E-state index < -0.39 is 0 Å². The largest absolute Gasteiger partial charge is 0.375 e. The average molecular weight is 209 g/mol. The minimum Gasteiger partial charge on any atom is -0.375 e. The molecule has 1 fully saturated rings. The summed E-state index contributed by atoms with van der Waals surface area (Å²) in [5.41, 5.74) is 1.16. The van der Waals surface area contributed by atoms with E-state index in [1.165, 1.54) is 12.8 Å². The van der Waals surface area contributed by atoms with Crippen LogP contribution in [0.5, 0.6) is 0 Å². The Morgan fingerprint density at radius 1 is 1.67 bits per heavy atom. The zero-order valence-electron chi connectivity index (χ0n) is 9.28. The summed E-state index contributed by atoms with van der Waals surface area (Å²) in [4.78, 5) is 0. The van der Waals surface area contributed by atoms with Gasteiger partial charge in [-0.2, -0.15) is 5.10 Å². The van der Waals surface area contributed by atoms with Gasteiger partial charge >= 0.3 is 0 Å². The molecule has 2 rings (SSSR count). The van der Waals surface area contributed by atoms with Crippen molar-refractivity contribution in [3.63, 3.8) is 0 Å². The summed E-state index contributed by atoms with van der Waals surface area (Å²) in [6.45, 7) is 5.64. The Bertz CT molecular complexity index is 292. The number of nitrogens with zero attached hydrogens (tertiary/aromatic N) is 2. The molecule has 84 valence electrons. The molecule has 4 heteroatoms. The van der Waals surface area contributed by atoms with Gasteiger partial charge in [-0.15, -0.1) is 0 Å². The highest BCUT2D eigenvalue weighted by molar-refractivity contribution is 5.01. The molecule has 1 aliphatic rings. The van der Waals surface area contributed by atoms with Crippen LogP contribution < -0.4 is 5.32 Å². The van der Waals surface area contributed by atoms with E-state index in [0.717, 1.165) is 25.3 Å². The first-order valence-electron chi connectivity index (χ1n) is 5.71. The highest BCUT2D eigenvalue weighted by Gasteiger charge is 2.13. The Morgan fingerprint density at radius 3 is 3.27 bits per heavy atom. The standard InChI is InChI=1S/C11H19N3O/c1-2-14-7-10(6-13-14)8-15-9-11-4-3-5-12-11/h6-7,11-12H,2-5,8-9H2,1H3. The molecule has 1 aromatic rings. The van der Waals surface area contributed by atoms with Crippen LogP contribution >= 0.6 is 0 Å². The van der Waals surface area contributed by atoms with Gasteiger partial charge in [-0.1, -0.05) is 0 Å².